The zero-order chi connectivity index (χ0) is 15.8. The standard InChI is InChI=1S/C13H13F5N2S/c1-7-4-8(14)9(20-11(19)12(15)2-3-12)5-10(7)21-6-13(16,17)18/h4-5H,2-3,6H2,1H3,(H2,19,20). The molecule has 2 nitrogen and oxygen atoms in total. The zero-order valence-corrected chi connectivity index (χ0v) is 11.9. The summed E-state index contributed by atoms with van der Waals surface area (Å²) >= 11 is 0.531. The van der Waals surface area contributed by atoms with E-state index in [0.717, 1.165) is 6.07 Å². The van der Waals surface area contributed by atoms with E-state index in [4.69, 9.17) is 5.41 Å². The van der Waals surface area contributed by atoms with Gasteiger partial charge in [0, 0.05) is 4.90 Å². The number of halogens is 5. The molecule has 0 bridgehead atoms. The van der Waals surface area contributed by atoms with Crippen LogP contribution in [0.5, 0.6) is 0 Å². The van der Waals surface area contributed by atoms with Crippen molar-refractivity contribution in [2.24, 2.45) is 0 Å². The zero-order valence-electron chi connectivity index (χ0n) is 11.1. The van der Waals surface area contributed by atoms with Gasteiger partial charge in [-0.1, -0.05) is 0 Å². The molecule has 1 aliphatic carbocycles. The molecule has 0 spiro atoms. The third kappa shape index (κ3) is 4.09. The van der Waals surface area contributed by atoms with Crippen molar-refractivity contribution in [3.8, 4) is 0 Å². The lowest BCUT2D eigenvalue weighted by molar-refractivity contribution is -0.105. The summed E-state index contributed by atoms with van der Waals surface area (Å²) in [6, 6.07) is 2.26. The number of rotatable bonds is 4. The summed E-state index contributed by atoms with van der Waals surface area (Å²) in [6.07, 6.45) is -3.94. The van der Waals surface area contributed by atoms with Gasteiger partial charge in [0.1, 0.15) is 11.7 Å². The highest BCUT2D eigenvalue weighted by molar-refractivity contribution is 7.99. The fourth-order valence-electron chi connectivity index (χ4n) is 1.67. The number of nitrogens with one attached hydrogen (secondary N) is 2. The SMILES string of the molecule is Cc1cc(F)c(NC(=N)C2(F)CC2)cc1SCC(F)(F)F. The van der Waals surface area contributed by atoms with Gasteiger partial charge in [-0.25, -0.2) is 8.78 Å². The molecule has 2 rings (SSSR count). The third-order valence-electron chi connectivity index (χ3n) is 3.05. The van der Waals surface area contributed by atoms with Crippen molar-refractivity contribution in [1.29, 1.82) is 5.41 Å². The van der Waals surface area contributed by atoms with Gasteiger partial charge in [0.25, 0.3) is 0 Å². The summed E-state index contributed by atoms with van der Waals surface area (Å²) in [6.45, 7) is 1.49. The second kappa shape index (κ2) is 5.47. The molecule has 0 radical (unpaired) electrons. The van der Waals surface area contributed by atoms with E-state index in [1.807, 2.05) is 0 Å². The van der Waals surface area contributed by atoms with E-state index in [1.165, 1.54) is 13.0 Å². The normalized spacial score (nSPS) is 16.7. The fraction of sp³-hybridized carbons (Fsp3) is 0.462. The maximum Gasteiger partial charge on any atom is 0.398 e. The quantitative estimate of drug-likeness (QED) is 0.365. The van der Waals surface area contributed by atoms with Crippen LogP contribution in [0, 0.1) is 18.2 Å². The van der Waals surface area contributed by atoms with E-state index >= 15 is 0 Å². The van der Waals surface area contributed by atoms with E-state index in [2.05, 4.69) is 5.32 Å². The van der Waals surface area contributed by atoms with Gasteiger partial charge in [0.2, 0.25) is 0 Å². The summed E-state index contributed by atoms with van der Waals surface area (Å²) < 4.78 is 64.1. The Morgan fingerprint density at radius 1 is 1.38 bits per heavy atom. The number of aryl methyl sites for hydroxylation is 1. The van der Waals surface area contributed by atoms with E-state index < -0.39 is 29.3 Å². The van der Waals surface area contributed by atoms with Crippen molar-refractivity contribution in [3.05, 3.63) is 23.5 Å². The number of thioether (sulfide) groups is 1. The maximum atomic E-state index is 13.8. The van der Waals surface area contributed by atoms with Crippen LogP contribution in [-0.2, 0) is 0 Å². The summed E-state index contributed by atoms with van der Waals surface area (Å²) in [7, 11) is 0. The number of hydrogen-bond acceptors (Lipinski definition) is 2. The van der Waals surface area contributed by atoms with Gasteiger partial charge in [-0.15, -0.1) is 11.8 Å². The fourth-order valence-corrected chi connectivity index (χ4v) is 2.48. The second-order valence-electron chi connectivity index (χ2n) is 4.97. The molecule has 0 aliphatic heterocycles. The largest absolute Gasteiger partial charge is 0.398 e. The topological polar surface area (TPSA) is 35.9 Å². The molecule has 1 aromatic carbocycles. The van der Waals surface area contributed by atoms with Crippen LogP contribution in [-0.4, -0.2) is 23.4 Å². The maximum absolute atomic E-state index is 13.8. The van der Waals surface area contributed by atoms with Gasteiger partial charge in [0.15, 0.2) is 5.67 Å². The average Bonchev–Trinajstić information content (AvgIpc) is 3.09. The minimum atomic E-state index is -4.33. The minimum absolute atomic E-state index is 0.181. The van der Waals surface area contributed by atoms with Crippen LogP contribution in [0.15, 0.2) is 17.0 Å². The number of hydrogen-bond donors (Lipinski definition) is 2. The van der Waals surface area contributed by atoms with Crippen LogP contribution < -0.4 is 5.32 Å². The van der Waals surface area contributed by atoms with Crippen molar-refractivity contribution < 1.29 is 22.0 Å². The van der Waals surface area contributed by atoms with E-state index in [0.29, 0.717) is 17.3 Å². The van der Waals surface area contributed by atoms with Gasteiger partial charge in [-0.2, -0.15) is 13.2 Å². The molecule has 0 amide bonds. The van der Waals surface area contributed by atoms with Crippen molar-refractivity contribution in [2.75, 3.05) is 11.1 Å². The highest BCUT2D eigenvalue weighted by Crippen LogP contribution is 2.41. The Balaban J connectivity index is 2.16. The Labute approximate surface area is 122 Å². The number of alkyl halides is 4. The monoisotopic (exact) mass is 324 g/mol. The van der Waals surface area contributed by atoms with Crippen LogP contribution in [0.4, 0.5) is 27.6 Å². The Bertz CT molecular complexity index is 566. The summed E-state index contributed by atoms with van der Waals surface area (Å²) in [5.41, 5.74) is -1.57. The van der Waals surface area contributed by atoms with Gasteiger partial charge in [0.05, 0.1) is 11.4 Å². The Morgan fingerprint density at radius 3 is 2.52 bits per heavy atom. The molecule has 1 aromatic rings. The molecule has 1 saturated carbocycles. The smallest absolute Gasteiger partial charge is 0.339 e. The molecule has 0 atom stereocenters. The molecular formula is C13H13F5N2S. The summed E-state index contributed by atoms with van der Waals surface area (Å²) in [5.74, 6) is -2.28. The molecule has 0 unspecified atom stereocenters. The number of amidine groups is 1. The molecule has 2 N–H and O–H groups in total. The van der Waals surface area contributed by atoms with Crippen molar-refractivity contribution >= 4 is 23.3 Å². The van der Waals surface area contributed by atoms with Crippen LogP contribution in [0.1, 0.15) is 18.4 Å². The Hall–Kier alpha value is -1.31. The predicted molar refractivity (Wildman–Crippen MR) is 72.3 cm³/mol. The van der Waals surface area contributed by atoms with Crippen LogP contribution in [0.25, 0.3) is 0 Å². The molecule has 8 heteroatoms. The molecular weight excluding hydrogens is 311 g/mol. The Morgan fingerprint density at radius 2 is 2.00 bits per heavy atom. The molecule has 1 aliphatic rings. The highest BCUT2D eigenvalue weighted by atomic mass is 32.2. The van der Waals surface area contributed by atoms with Gasteiger partial charge in [-0.3, -0.25) is 5.41 Å². The summed E-state index contributed by atoms with van der Waals surface area (Å²) in [5, 5.41) is 9.84. The first-order valence-corrected chi connectivity index (χ1v) is 7.14. The van der Waals surface area contributed by atoms with Crippen LogP contribution in [0.2, 0.25) is 0 Å². The van der Waals surface area contributed by atoms with E-state index in [1.54, 1.807) is 0 Å². The third-order valence-corrected chi connectivity index (χ3v) is 4.28. The van der Waals surface area contributed by atoms with Gasteiger partial charge < -0.3 is 5.32 Å². The number of benzene rings is 1. The van der Waals surface area contributed by atoms with Crippen LogP contribution in [0.3, 0.4) is 0 Å². The van der Waals surface area contributed by atoms with Crippen molar-refractivity contribution in [1.82, 2.24) is 0 Å². The molecule has 116 valence electrons. The minimum Gasteiger partial charge on any atom is -0.339 e. The molecule has 0 aromatic heterocycles. The lowest BCUT2D eigenvalue weighted by atomic mass is 10.2. The van der Waals surface area contributed by atoms with E-state index in [9.17, 15) is 22.0 Å². The lowest BCUT2D eigenvalue weighted by Crippen LogP contribution is -2.25. The molecule has 0 saturated heterocycles. The van der Waals surface area contributed by atoms with Gasteiger partial charge in [-0.05, 0) is 37.5 Å². The van der Waals surface area contributed by atoms with Crippen LogP contribution >= 0.6 is 11.8 Å². The first-order chi connectivity index (χ1) is 9.61. The predicted octanol–water partition coefficient (Wildman–Crippen LogP) is 4.68. The summed E-state index contributed by atoms with van der Waals surface area (Å²) in [4.78, 5) is 0.243. The second-order valence-corrected chi connectivity index (χ2v) is 5.98. The first-order valence-electron chi connectivity index (χ1n) is 6.15. The molecule has 0 heterocycles. The average molecular weight is 324 g/mol. The highest BCUT2D eigenvalue weighted by Gasteiger charge is 2.48. The Kier molecular flexibility index (Phi) is 4.19. The molecule has 21 heavy (non-hydrogen) atoms. The van der Waals surface area contributed by atoms with Crippen molar-refractivity contribution in [2.45, 2.75) is 36.5 Å². The lowest BCUT2D eigenvalue weighted by Gasteiger charge is -2.14. The van der Waals surface area contributed by atoms with Crippen molar-refractivity contribution in [3.63, 3.8) is 0 Å². The van der Waals surface area contributed by atoms with E-state index in [-0.39, 0.29) is 23.4 Å². The van der Waals surface area contributed by atoms with Gasteiger partial charge >= 0.3 is 6.18 Å². The molecule has 1 fully saturated rings. The number of anilines is 1. The first kappa shape index (κ1) is 16.1.